The summed E-state index contributed by atoms with van der Waals surface area (Å²) in [5.74, 6) is -0.762. The highest BCUT2D eigenvalue weighted by molar-refractivity contribution is 7.88. The average molecular weight is 630 g/mol. The molecule has 1 aliphatic heterocycles. The van der Waals surface area contributed by atoms with Gasteiger partial charge in [-0.3, -0.25) is 20.0 Å². The van der Waals surface area contributed by atoms with Gasteiger partial charge in [0.25, 0.3) is 0 Å². The first-order chi connectivity index (χ1) is 21.7. The number of halogens is 2. The zero-order valence-corrected chi connectivity index (χ0v) is 25.1. The number of aromatic amines is 2. The molecule has 6 heterocycles. The maximum atomic E-state index is 16.3. The molecule has 11 nitrogen and oxygen atoms in total. The van der Waals surface area contributed by atoms with Crippen LogP contribution in [0.5, 0.6) is 0 Å². The maximum absolute atomic E-state index is 16.3. The number of imidazole rings is 1. The molecule has 0 spiro atoms. The molecule has 0 amide bonds. The van der Waals surface area contributed by atoms with Crippen LogP contribution in [0.3, 0.4) is 0 Å². The minimum Gasteiger partial charge on any atom is -0.337 e. The number of fused-ring (bicyclic) bond motifs is 2. The predicted molar refractivity (Wildman–Crippen MR) is 166 cm³/mol. The fourth-order valence-electron chi connectivity index (χ4n) is 5.79. The minimum absolute atomic E-state index is 0.0865. The van der Waals surface area contributed by atoms with E-state index in [1.165, 1.54) is 37.6 Å². The molecule has 1 fully saturated rings. The van der Waals surface area contributed by atoms with Gasteiger partial charge in [0.05, 0.1) is 22.9 Å². The molecule has 45 heavy (non-hydrogen) atoms. The number of nitrogens with one attached hydrogen (secondary N) is 3. The van der Waals surface area contributed by atoms with Gasteiger partial charge in [-0.25, -0.2) is 31.9 Å². The van der Waals surface area contributed by atoms with Gasteiger partial charge in [0.15, 0.2) is 11.5 Å². The Morgan fingerprint density at radius 3 is 2.62 bits per heavy atom. The molecule has 7 rings (SSSR count). The number of benzene rings is 1. The Bertz CT molecular complexity index is 2160. The van der Waals surface area contributed by atoms with Crippen LogP contribution in [0, 0.1) is 11.6 Å². The summed E-state index contributed by atoms with van der Waals surface area (Å²) in [5.41, 5.74) is 4.60. The lowest BCUT2D eigenvalue weighted by atomic mass is 10.0. The van der Waals surface area contributed by atoms with E-state index >= 15 is 4.39 Å². The summed E-state index contributed by atoms with van der Waals surface area (Å²) in [6.45, 7) is 2.75. The Labute approximate surface area is 257 Å². The first-order valence-electron chi connectivity index (χ1n) is 14.5. The summed E-state index contributed by atoms with van der Waals surface area (Å²) < 4.78 is 56.4. The van der Waals surface area contributed by atoms with Crippen LogP contribution in [-0.2, 0) is 23.1 Å². The second-order valence-corrected chi connectivity index (χ2v) is 13.1. The Morgan fingerprint density at radius 2 is 1.80 bits per heavy atom. The van der Waals surface area contributed by atoms with Crippen molar-refractivity contribution in [3.8, 4) is 33.9 Å². The number of piperidine rings is 1. The van der Waals surface area contributed by atoms with Crippen LogP contribution < -0.4 is 4.72 Å². The van der Waals surface area contributed by atoms with Crippen molar-refractivity contribution in [3.05, 3.63) is 77.9 Å². The Kier molecular flexibility index (Phi) is 7.55. The van der Waals surface area contributed by atoms with Gasteiger partial charge in [-0.2, -0.15) is 5.10 Å². The van der Waals surface area contributed by atoms with Crippen LogP contribution in [0.2, 0.25) is 0 Å². The van der Waals surface area contributed by atoms with Gasteiger partial charge < -0.3 is 4.98 Å². The number of aromatic nitrogens is 7. The molecular weight excluding hydrogens is 600 g/mol. The van der Waals surface area contributed by atoms with E-state index in [2.05, 4.69) is 39.8 Å². The molecule has 0 saturated carbocycles. The van der Waals surface area contributed by atoms with Crippen molar-refractivity contribution in [1.29, 1.82) is 0 Å². The minimum atomic E-state index is -3.48. The predicted octanol–water partition coefficient (Wildman–Crippen LogP) is 4.94. The lowest BCUT2D eigenvalue weighted by Crippen LogP contribution is -2.29. The number of pyridine rings is 3. The Morgan fingerprint density at radius 1 is 0.978 bits per heavy atom. The lowest BCUT2D eigenvalue weighted by molar-refractivity contribution is 0.220. The summed E-state index contributed by atoms with van der Waals surface area (Å²) in [6, 6.07) is 7.85. The number of sulfonamides is 1. The largest absolute Gasteiger partial charge is 0.337 e. The fraction of sp³-hybridized carbons (Fsp3) is 0.258. The van der Waals surface area contributed by atoms with Gasteiger partial charge in [-0.05, 0) is 67.4 Å². The smallest absolute Gasteiger partial charge is 0.209 e. The van der Waals surface area contributed by atoms with Crippen LogP contribution >= 0.6 is 0 Å². The molecule has 0 unspecified atom stereocenters. The topological polar surface area (TPSA) is 145 Å². The summed E-state index contributed by atoms with van der Waals surface area (Å²) in [6.07, 6.45) is 11.1. The van der Waals surface area contributed by atoms with E-state index in [4.69, 9.17) is 4.98 Å². The molecule has 1 aliphatic rings. The van der Waals surface area contributed by atoms with Gasteiger partial charge in [0.1, 0.15) is 22.8 Å². The van der Waals surface area contributed by atoms with Crippen LogP contribution in [0.4, 0.5) is 8.78 Å². The summed E-state index contributed by atoms with van der Waals surface area (Å²) in [5, 5.41) is 7.26. The second-order valence-electron chi connectivity index (χ2n) is 11.3. The van der Waals surface area contributed by atoms with Crippen molar-refractivity contribution in [2.75, 3.05) is 19.3 Å². The summed E-state index contributed by atoms with van der Waals surface area (Å²) in [4.78, 5) is 23.5. The highest BCUT2D eigenvalue weighted by Gasteiger charge is 2.22. The number of nitrogens with zero attached hydrogens (tertiary/aromatic N) is 6. The third-order valence-corrected chi connectivity index (χ3v) is 8.56. The van der Waals surface area contributed by atoms with Gasteiger partial charge >= 0.3 is 0 Å². The molecule has 5 aromatic heterocycles. The van der Waals surface area contributed by atoms with Crippen LogP contribution in [0.15, 0.2) is 55.1 Å². The first kappa shape index (κ1) is 29.1. The Balaban J connectivity index is 1.26. The van der Waals surface area contributed by atoms with Crippen molar-refractivity contribution >= 4 is 32.1 Å². The average Bonchev–Trinajstić information content (AvgIpc) is 3.65. The van der Waals surface area contributed by atoms with E-state index in [0.717, 1.165) is 31.5 Å². The molecule has 3 N–H and O–H groups in total. The van der Waals surface area contributed by atoms with Crippen LogP contribution in [0.25, 0.3) is 56.0 Å². The van der Waals surface area contributed by atoms with E-state index in [1.807, 2.05) is 12.3 Å². The highest BCUT2D eigenvalue weighted by atomic mass is 32.2. The van der Waals surface area contributed by atoms with Crippen LogP contribution in [-0.4, -0.2) is 67.8 Å². The molecule has 0 aliphatic carbocycles. The standard InChI is InChI=1S/C31H29F2N9O2S/c1-45(43,44)37-14-18-9-20(12-22(32)11-18)27-28-24(5-6-35-27)38-31(39-28)29-25-26(33)23(16-36-30(25)41-40-29)21-10-19(13-34-15-21)17-42-7-3-2-4-8-42/h5-6,9-13,15-16,37H,2-4,7-8,14,17H2,1H3,(H,38,39)(H,36,40,41). The van der Waals surface area contributed by atoms with Gasteiger partial charge in [-0.15, -0.1) is 0 Å². The third kappa shape index (κ3) is 6.03. The Hall–Kier alpha value is -4.66. The number of H-pyrrole nitrogens is 2. The molecule has 230 valence electrons. The van der Waals surface area contributed by atoms with Gasteiger partial charge in [-0.1, -0.05) is 6.42 Å². The maximum Gasteiger partial charge on any atom is 0.209 e. The van der Waals surface area contributed by atoms with Crippen molar-refractivity contribution in [1.82, 2.24) is 44.7 Å². The third-order valence-electron chi connectivity index (χ3n) is 7.89. The van der Waals surface area contributed by atoms with E-state index < -0.39 is 21.7 Å². The van der Waals surface area contributed by atoms with Crippen molar-refractivity contribution < 1.29 is 17.2 Å². The normalized spacial score (nSPS) is 14.5. The number of hydrogen-bond donors (Lipinski definition) is 3. The lowest BCUT2D eigenvalue weighted by Gasteiger charge is -2.26. The van der Waals surface area contributed by atoms with E-state index in [1.54, 1.807) is 24.5 Å². The summed E-state index contributed by atoms with van der Waals surface area (Å²) in [7, 11) is -3.48. The van der Waals surface area contributed by atoms with Crippen molar-refractivity contribution in [2.45, 2.75) is 32.4 Å². The zero-order valence-electron chi connectivity index (χ0n) is 24.3. The quantitative estimate of drug-likeness (QED) is 0.215. The molecule has 0 atom stereocenters. The molecular formula is C31H29F2N9O2S. The van der Waals surface area contributed by atoms with E-state index in [-0.39, 0.29) is 17.6 Å². The second kappa shape index (κ2) is 11.7. The first-order valence-corrected chi connectivity index (χ1v) is 16.4. The van der Waals surface area contributed by atoms with Gasteiger partial charge in [0, 0.05) is 54.6 Å². The number of hydrogen-bond acceptors (Lipinski definition) is 8. The molecule has 14 heteroatoms. The number of rotatable bonds is 8. The highest BCUT2D eigenvalue weighted by Crippen LogP contribution is 2.34. The van der Waals surface area contributed by atoms with E-state index in [9.17, 15) is 12.8 Å². The molecule has 1 saturated heterocycles. The van der Waals surface area contributed by atoms with E-state index in [0.29, 0.717) is 50.5 Å². The zero-order chi connectivity index (χ0) is 31.1. The monoisotopic (exact) mass is 629 g/mol. The van der Waals surface area contributed by atoms with Crippen LogP contribution in [0.1, 0.15) is 30.4 Å². The fourth-order valence-corrected chi connectivity index (χ4v) is 6.22. The summed E-state index contributed by atoms with van der Waals surface area (Å²) >= 11 is 0. The molecule has 6 aromatic rings. The molecule has 1 aromatic carbocycles. The SMILES string of the molecule is CS(=O)(=O)NCc1cc(F)cc(-c2nccc3[nH]c(-c4[nH]nc5ncc(-c6cncc(CN7CCCCC7)c6)c(F)c45)nc23)c1. The molecule has 0 radical (unpaired) electrons. The number of likely N-dealkylation sites (tertiary alicyclic amines) is 1. The van der Waals surface area contributed by atoms with Crippen molar-refractivity contribution in [3.63, 3.8) is 0 Å². The van der Waals surface area contributed by atoms with Crippen molar-refractivity contribution in [2.24, 2.45) is 0 Å². The van der Waals surface area contributed by atoms with Gasteiger partial charge in [0.2, 0.25) is 10.0 Å². The molecule has 0 bridgehead atoms.